The first-order valence-electron chi connectivity index (χ1n) is 9.70. The maximum Gasteiger partial charge on any atom is 0.418 e. The van der Waals surface area contributed by atoms with Gasteiger partial charge in [-0.05, 0) is 51.8 Å². The second kappa shape index (κ2) is 9.26. The molecular weight excluding hydrogens is 447 g/mol. The largest absolute Gasteiger partial charge is 0.443 e. The average Bonchev–Trinajstić information content (AvgIpc) is 3.00. The number of hydrogen-bond acceptors (Lipinski definition) is 5. The summed E-state index contributed by atoms with van der Waals surface area (Å²) in [7, 11) is 1.84. The van der Waals surface area contributed by atoms with Gasteiger partial charge in [0.05, 0.1) is 10.0 Å². The van der Waals surface area contributed by atoms with Crippen molar-refractivity contribution in [2.24, 2.45) is 7.05 Å². The maximum absolute atomic E-state index is 12.8. The van der Waals surface area contributed by atoms with E-state index in [1.807, 2.05) is 42.8 Å². The van der Waals surface area contributed by atoms with E-state index in [1.54, 1.807) is 12.1 Å². The second-order valence-electron chi connectivity index (χ2n) is 8.25. The molecule has 2 amide bonds. The Labute approximate surface area is 190 Å². The van der Waals surface area contributed by atoms with E-state index in [4.69, 9.17) is 27.9 Å². The Balaban J connectivity index is 1.52. The number of benzene rings is 1. The van der Waals surface area contributed by atoms with Crippen molar-refractivity contribution in [3.05, 3.63) is 33.9 Å². The van der Waals surface area contributed by atoms with Crippen LogP contribution in [0.15, 0.2) is 18.2 Å². The number of hydrogen-bond donors (Lipinski definition) is 2. The Bertz CT molecular complexity index is 950. The Kier molecular flexibility index (Phi) is 7.12. The summed E-state index contributed by atoms with van der Waals surface area (Å²) in [6.45, 7) is 6.95. The lowest BCUT2D eigenvalue weighted by atomic mass is 10.1. The minimum absolute atomic E-state index is 0.0629. The number of aromatic nitrogens is 1. The van der Waals surface area contributed by atoms with Crippen molar-refractivity contribution in [3.8, 4) is 0 Å². The van der Waals surface area contributed by atoms with Crippen molar-refractivity contribution in [3.63, 3.8) is 0 Å². The number of nitrogens with zero attached hydrogens (tertiary/aromatic N) is 2. The molecule has 1 fully saturated rings. The molecule has 0 aliphatic carbocycles. The van der Waals surface area contributed by atoms with Crippen molar-refractivity contribution >= 4 is 58.2 Å². The number of ether oxygens (including phenoxy) is 1. The van der Waals surface area contributed by atoms with Crippen LogP contribution in [0.25, 0.3) is 10.9 Å². The maximum atomic E-state index is 12.8. The standard InChI is InChI=1S/C20H26Cl2N4O3S/c1-20(2,3)29-19(28)24-30-26-9-7-12(8-10-26)23-18(27)16-11-13-15(25(16)4)6-5-14(21)17(13)22/h5-6,11-12H,7-10H2,1-4H3,(H,23,27)(H,24,28). The lowest BCUT2D eigenvalue weighted by Crippen LogP contribution is -2.44. The molecule has 164 valence electrons. The molecule has 1 saturated heterocycles. The van der Waals surface area contributed by atoms with Crippen LogP contribution in [0.5, 0.6) is 0 Å². The highest BCUT2D eigenvalue weighted by atomic mass is 35.5. The van der Waals surface area contributed by atoms with E-state index in [-0.39, 0.29) is 11.9 Å². The molecule has 7 nitrogen and oxygen atoms in total. The molecular formula is C20H26Cl2N4O3S. The predicted molar refractivity (Wildman–Crippen MR) is 122 cm³/mol. The topological polar surface area (TPSA) is 75.6 Å². The summed E-state index contributed by atoms with van der Waals surface area (Å²) in [5.41, 5.74) is 0.866. The highest BCUT2D eigenvalue weighted by molar-refractivity contribution is 7.95. The summed E-state index contributed by atoms with van der Waals surface area (Å²) < 4.78 is 11.8. The van der Waals surface area contributed by atoms with E-state index in [0.29, 0.717) is 15.7 Å². The highest BCUT2D eigenvalue weighted by Crippen LogP contribution is 2.32. The molecule has 0 radical (unpaired) electrons. The summed E-state index contributed by atoms with van der Waals surface area (Å²) in [6.07, 6.45) is 1.11. The third-order valence-electron chi connectivity index (χ3n) is 4.79. The molecule has 1 aliphatic heterocycles. The smallest absolute Gasteiger partial charge is 0.418 e. The molecule has 1 aliphatic rings. The van der Waals surface area contributed by atoms with Crippen molar-refractivity contribution in [1.29, 1.82) is 0 Å². The number of nitrogens with one attached hydrogen (secondary N) is 2. The number of rotatable bonds is 4. The molecule has 0 bridgehead atoms. The summed E-state index contributed by atoms with van der Waals surface area (Å²) >= 11 is 13.6. The van der Waals surface area contributed by atoms with Crippen LogP contribution in [0.1, 0.15) is 44.1 Å². The predicted octanol–water partition coefficient (Wildman–Crippen LogP) is 4.77. The fourth-order valence-electron chi connectivity index (χ4n) is 3.32. The van der Waals surface area contributed by atoms with Crippen LogP contribution in [-0.2, 0) is 11.8 Å². The Morgan fingerprint density at radius 2 is 1.87 bits per heavy atom. The number of piperidine rings is 1. The SMILES string of the molecule is Cn1c(C(=O)NC2CCN(SNC(=O)OC(C)(C)C)CC2)cc2c(Cl)c(Cl)ccc21. The fourth-order valence-corrected chi connectivity index (χ4v) is 4.34. The molecule has 10 heteroatoms. The molecule has 30 heavy (non-hydrogen) atoms. The minimum atomic E-state index is -0.529. The molecule has 0 spiro atoms. The number of aryl methyl sites for hydroxylation is 1. The zero-order chi connectivity index (χ0) is 22.1. The van der Waals surface area contributed by atoms with Gasteiger partial charge in [0, 0.05) is 49.2 Å². The van der Waals surface area contributed by atoms with Gasteiger partial charge in [0.1, 0.15) is 11.3 Å². The normalized spacial score (nSPS) is 15.9. The summed E-state index contributed by atoms with van der Waals surface area (Å²) in [6, 6.07) is 5.42. The van der Waals surface area contributed by atoms with Crippen molar-refractivity contribution < 1.29 is 14.3 Å². The van der Waals surface area contributed by atoms with Gasteiger partial charge in [0.2, 0.25) is 0 Å². The van der Waals surface area contributed by atoms with Crippen LogP contribution in [0.2, 0.25) is 10.0 Å². The molecule has 2 heterocycles. The third-order valence-corrected chi connectivity index (χ3v) is 6.49. The number of halogens is 2. The van der Waals surface area contributed by atoms with Crippen LogP contribution in [0.3, 0.4) is 0 Å². The molecule has 2 aromatic rings. The van der Waals surface area contributed by atoms with Gasteiger partial charge in [-0.1, -0.05) is 23.2 Å². The number of carbonyl (C=O) groups is 2. The first-order chi connectivity index (χ1) is 14.0. The van der Waals surface area contributed by atoms with Gasteiger partial charge in [-0.25, -0.2) is 9.10 Å². The number of fused-ring (bicyclic) bond motifs is 1. The molecule has 0 unspecified atom stereocenters. The molecule has 3 rings (SSSR count). The van der Waals surface area contributed by atoms with Gasteiger partial charge in [-0.3, -0.25) is 9.52 Å². The number of amides is 2. The van der Waals surface area contributed by atoms with Crippen LogP contribution in [-0.4, -0.2) is 45.6 Å². The second-order valence-corrected chi connectivity index (χ2v) is 9.94. The zero-order valence-electron chi connectivity index (χ0n) is 17.4. The van der Waals surface area contributed by atoms with E-state index in [1.165, 1.54) is 12.1 Å². The van der Waals surface area contributed by atoms with Crippen molar-refractivity contribution in [1.82, 2.24) is 18.9 Å². The van der Waals surface area contributed by atoms with Gasteiger partial charge in [-0.2, -0.15) is 0 Å². The monoisotopic (exact) mass is 472 g/mol. The quantitative estimate of drug-likeness (QED) is 0.626. The van der Waals surface area contributed by atoms with Crippen LogP contribution in [0, 0.1) is 0 Å². The minimum Gasteiger partial charge on any atom is -0.443 e. The van der Waals surface area contributed by atoms with Crippen LogP contribution in [0.4, 0.5) is 4.79 Å². The Morgan fingerprint density at radius 3 is 2.50 bits per heavy atom. The van der Waals surface area contributed by atoms with Gasteiger partial charge in [0.15, 0.2) is 0 Å². The van der Waals surface area contributed by atoms with Crippen LogP contribution >= 0.6 is 35.3 Å². The molecule has 0 atom stereocenters. The van der Waals surface area contributed by atoms with Gasteiger partial charge in [0.25, 0.3) is 5.91 Å². The van der Waals surface area contributed by atoms with Crippen LogP contribution < -0.4 is 10.0 Å². The summed E-state index contributed by atoms with van der Waals surface area (Å²) in [4.78, 5) is 24.6. The van der Waals surface area contributed by atoms with E-state index >= 15 is 0 Å². The first-order valence-corrected chi connectivity index (χ1v) is 11.2. The number of carbonyl (C=O) groups excluding carboxylic acids is 2. The molecule has 2 N–H and O–H groups in total. The summed E-state index contributed by atoms with van der Waals surface area (Å²) in [5, 5.41) is 4.78. The lowest BCUT2D eigenvalue weighted by molar-refractivity contribution is 0.0572. The highest BCUT2D eigenvalue weighted by Gasteiger charge is 2.24. The Hall–Kier alpha value is -1.61. The molecule has 1 aromatic carbocycles. The zero-order valence-corrected chi connectivity index (χ0v) is 19.7. The lowest BCUT2D eigenvalue weighted by Gasteiger charge is -2.31. The third kappa shape index (κ3) is 5.55. The molecule has 0 saturated carbocycles. The summed E-state index contributed by atoms with van der Waals surface area (Å²) in [5.74, 6) is -0.140. The molecule has 1 aromatic heterocycles. The Morgan fingerprint density at radius 1 is 1.20 bits per heavy atom. The van der Waals surface area contributed by atoms with E-state index in [2.05, 4.69) is 10.0 Å². The average molecular weight is 473 g/mol. The fraction of sp³-hybridized carbons (Fsp3) is 0.500. The first kappa shape index (κ1) is 23.1. The van der Waals surface area contributed by atoms with Crippen molar-refractivity contribution in [2.45, 2.75) is 45.3 Å². The van der Waals surface area contributed by atoms with E-state index in [9.17, 15) is 9.59 Å². The van der Waals surface area contributed by atoms with Crippen molar-refractivity contribution in [2.75, 3.05) is 13.1 Å². The van der Waals surface area contributed by atoms with Gasteiger partial charge in [-0.15, -0.1) is 0 Å². The van der Waals surface area contributed by atoms with Gasteiger partial charge < -0.3 is 14.6 Å². The van der Waals surface area contributed by atoms with E-state index < -0.39 is 11.7 Å². The van der Waals surface area contributed by atoms with Gasteiger partial charge >= 0.3 is 6.09 Å². The van der Waals surface area contributed by atoms with E-state index in [0.717, 1.165) is 36.8 Å².